The SMILES string of the molecule is COc1ccc(C(=O)Nc2cnn(CC3CCCCO3)c2)cc1. The van der Waals surface area contributed by atoms with Crippen molar-refractivity contribution in [1.29, 1.82) is 0 Å². The molecule has 122 valence electrons. The van der Waals surface area contributed by atoms with Crippen molar-refractivity contribution >= 4 is 11.6 Å². The fourth-order valence-electron chi connectivity index (χ4n) is 2.63. The van der Waals surface area contributed by atoms with E-state index in [-0.39, 0.29) is 12.0 Å². The minimum Gasteiger partial charge on any atom is -0.497 e. The van der Waals surface area contributed by atoms with E-state index in [9.17, 15) is 4.79 Å². The molecule has 1 unspecified atom stereocenters. The van der Waals surface area contributed by atoms with Gasteiger partial charge in [-0.15, -0.1) is 0 Å². The molecule has 1 aliphatic rings. The highest BCUT2D eigenvalue weighted by molar-refractivity contribution is 6.04. The van der Waals surface area contributed by atoms with Gasteiger partial charge in [0, 0.05) is 18.4 Å². The van der Waals surface area contributed by atoms with Crippen molar-refractivity contribution < 1.29 is 14.3 Å². The van der Waals surface area contributed by atoms with E-state index in [0.717, 1.165) is 31.7 Å². The molecule has 1 saturated heterocycles. The zero-order valence-corrected chi connectivity index (χ0v) is 13.2. The number of hydrogen-bond donors (Lipinski definition) is 1. The molecule has 1 fully saturated rings. The Labute approximate surface area is 135 Å². The van der Waals surface area contributed by atoms with Crippen molar-refractivity contribution in [1.82, 2.24) is 9.78 Å². The number of carbonyl (C=O) groups excluding carboxylic acids is 1. The molecular formula is C17H21N3O3. The third-order valence-electron chi connectivity index (χ3n) is 3.91. The summed E-state index contributed by atoms with van der Waals surface area (Å²) in [5.74, 6) is 0.558. The second kappa shape index (κ2) is 7.28. The van der Waals surface area contributed by atoms with Crippen LogP contribution < -0.4 is 10.1 Å². The summed E-state index contributed by atoms with van der Waals surface area (Å²) in [4.78, 5) is 12.2. The second-order valence-corrected chi connectivity index (χ2v) is 5.62. The van der Waals surface area contributed by atoms with Gasteiger partial charge in [-0.1, -0.05) is 0 Å². The molecule has 0 bridgehead atoms. The van der Waals surface area contributed by atoms with Crippen LogP contribution >= 0.6 is 0 Å². The van der Waals surface area contributed by atoms with E-state index >= 15 is 0 Å². The minimum atomic E-state index is -0.166. The van der Waals surface area contributed by atoms with Gasteiger partial charge in [-0.2, -0.15) is 5.10 Å². The van der Waals surface area contributed by atoms with E-state index in [1.165, 1.54) is 6.42 Å². The average Bonchev–Trinajstić information content (AvgIpc) is 3.02. The predicted molar refractivity (Wildman–Crippen MR) is 86.8 cm³/mol. The number of methoxy groups -OCH3 is 1. The van der Waals surface area contributed by atoms with Gasteiger partial charge in [-0.3, -0.25) is 9.48 Å². The number of carbonyl (C=O) groups is 1. The van der Waals surface area contributed by atoms with Crippen molar-refractivity contribution in [2.24, 2.45) is 0 Å². The lowest BCUT2D eigenvalue weighted by molar-refractivity contribution is 0.00401. The first-order chi connectivity index (χ1) is 11.2. The van der Waals surface area contributed by atoms with Crippen molar-refractivity contribution in [3.63, 3.8) is 0 Å². The van der Waals surface area contributed by atoms with Gasteiger partial charge in [-0.05, 0) is 43.5 Å². The van der Waals surface area contributed by atoms with Crippen LogP contribution in [0.2, 0.25) is 0 Å². The highest BCUT2D eigenvalue weighted by atomic mass is 16.5. The Morgan fingerprint density at radius 3 is 2.91 bits per heavy atom. The van der Waals surface area contributed by atoms with E-state index in [1.54, 1.807) is 37.6 Å². The minimum absolute atomic E-state index is 0.166. The third kappa shape index (κ3) is 4.10. The number of rotatable bonds is 5. The van der Waals surface area contributed by atoms with Crippen molar-refractivity contribution in [2.75, 3.05) is 19.0 Å². The van der Waals surface area contributed by atoms with Gasteiger partial charge in [0.05, 0.1) is 31.6 Å². The Morgan fingerprint density at radius 2 is 2.22 bits per heavy atom. The van der Waals surface area contributed by atoms with E-state index in [0.29, 0.717) is 11.3 Å². The number of amides is 1. The van der Waals surface area contributed by atoms with Gasteiger partial charge >= 0.3 is 0 Å². The Morgan fingerprint density at radius 1 is 1.39 bits per heavy atom. The molecule has 0 aliphatic carbocycles. The van der Waals surface area contributed by atoms with Crippen LogP contribution in [0.4, 0.5) is 5.69 Å². The second-order valence-electron chi connectivity index (χ2n) is 5.62. The fourth-order valence-corrected chi connectivity index (χ4v) is 2.63. The van der Waals surface area contributed by atoms with Crippen LogP contribution in [0, 0.1) is 0 Å². The first-order valence-corrected chi connectivity index (χ1v) is 7.84. The molecule has 1 aromatic heterocycles. The highest BCUT2D eigenvalue weighted by Gasteiger charge is 2.15. The van der Waals surface area contributed by atoms with E-state index in [2.05, 4.69) is 10.4 Å². The van der Waals surface area contributed by atoms with Crippen molar-refractivity contribution in [2.45, 2.75) is 31.9 Å². The molecule has 0 saturated carbocycles. The molecule has 1 aliphatic heterocycles. The molecule has 1 N–H and O–H groups in total. The van der Waals surface area contributed by atoms with Crippen LogP contribution in [0.1, 0.15) is 29.6 Å². The van der Waals surface area contributed by atoms with Gasteiger partial charge in [0.25, 0.3) is 5.91 Å². The van der Waals surface area contributed by atoms with Gasteiger partial charge in [0.15, 0.2) is 0 Å². The number of aromatic nitrogens is 2. The molecule has 2 heterocycles. The summed E-state index contributed by atoms with van der Waals surface area (Å²) >= 11 is 0. The largest absolute Gasteiger partial charge is 0.497 e. The molecule has 1 atom stereocenters. The number of nitrogens with zero attached hydrogens (tertiary/aromatic N) is 2. The standard InChI is InChI=1S/C17H21N3O3/c1-22-15-7-5-13(6-8-15)17(21)19-14-10-18-20(11-14)12-16-4-2-3-9-23-16/h5-8,10-11,16H,2-4,9,12H2,1H3,(H,19,21). The van der Waals surface area contributed by atoms with Crippen molar-refractivity contribution in [3.05, 3.63) is 42.2 Å². The van der Waals surface area contributed by atoms with Crippen LogP contribution in [0.3, 0.4) is 0 Å². The molecule has 0 spiro atoms. The number of hydrogen-bond acceptors (Lipinski definition) is 4. The molecule has 23 heavy (non-hydrogen) atoms. The normalized spacial score (nSPS) is 17.7. The zero-order chi connectivity index (χ0) is 16.1. The van der Waals surface area contributed by atoms with Crippen LogP contribution in [0.15, 0.2) is 36.7 Å². The van der Waals surface area contributed by atoms with Crippen LogP contribution in [-0.2, 0) is 11.3 Å². The van der Waals surface area contributed by atoms with Crippen LogP contribution in [0.5, 0.6) is 5.75 Å². The van der Waals surface area contributed by atoms with E-state index < -0.39 is 0 Å². The van der Waals surface area contributed by atoms with Gasteiger partial charge < -0.3 is 14.8 Å². The van der Waals surface area contributed by atoms with Crippen molar-refractivity contribution in [3.8, 4) is 5.75 Å². The maximum absolute atomic E-state index is 12.2. The summed E-state index contributed by atoms with van der Waals surface area (Å²) in [7, 11) is 1.60. The zero-order valence-electron chi connectivity index (χ0n) is 13.2. The van der Waals surface area contributed by atoms with Crippen LogP contribution in [0.25, 0.3) is 0 Å². The first-order valence-electron chi connectivity index (χ1n) is 7.84. The van der Waals surface area contributed by atoms with Gasteiger partial charge in [0.1, 0.15) is 5.75 Å². The molecule has 2 aromatic rings. The summed E-state index contributed by atoms with van der Waals surface area (Å²) in [6.07, 6.45) is 7.11. The summed E-state index contributed by atoms with van der Waals surface area (Å²) < 4.78 is 12.6. The van der Waals surface area contributed by atoms with E-state index in [1.807, 2.05) is 10.9 Å². The Hall–Kier alpha value is -2.34. The molecule has 1 aromatic carbocycles. The Kier molecular flexibility index (Phi) is 4.92. The molecule has 0 radical (unpaired) electrons. The third-order valence-corrected chi connectivity index (χ3v) is 3.91. The summed E-state index contributed by atoms with van der Waals surface area (Å²) in [5, 5.41) is 7.14. The maximum atomic E-state index is 12.2. The number of anilines is 1. The molecule has 3 rings (SSSR count). The average molecular weight is 315 g/mol. The van der Waals surface area contributed by atoms with Gasteiger partial charge in [0.2, 0.25) is 0 Å². The highest BCUT2D eigenvalue weighted by Crippen LogP contribution is 2.16. The lowest BCUT2D eigenvalue weighted by atomic mass is 10.1. The molecule has 1 amide bonds. The quantitative estimate of drug-likeness (QED) is 0.921. The van der Waals surface area contributed by atoms with Crippen LogP contribution in [-0.4, -0.2) is 35.5 Å². The molecule has 6 nitrogen and oxygen atoms in total. The molecular weight excluding hydrogens is 294 g/mol. The summed E-state index contributed by atoms with van der Waals surface area (Å²) in [6.45, 7) is 1.55. The first kappa shape index (κ1) is 15.6. The monoisotopic (exact) mass is 315 g/mol. The maximum Gasteiger partial charge on any atom is 0.255 e. The molecule has 6 heteroatoms. The summed E-state index contributed by atoms with van der Waals surface area (Å²) in [5.41, 5.74) is 1.26. The summed E-state index contributed by atoms with van der Waals surface area (Å²) in [6, 6.07) is 6.99. The van der Waals surface area contributed by atoms with E-state index in [4.69, 9.17) is 9.47 Å². The number of nitrogens with one attached hydrogen (secondary N) is 1. The predicted octanol–water partition coefficient (Wildman–Crippen LogP) is 2.71. The van der Waals surface area contributed by atoms with Gasteiger partial charge in [-0.25, -0.2) is 0 Å². The lowest BCUT2D eigenvalue weighted by Crippen LogP contribution is -2.24. The smallest absolute Gasteiger partial charge is 0.255 e. The topological polar surface area (TPSA) is 65.4 Å². The number of benzene rings is 1. The Balaban J connectivity index is 1.58. The lowest BCUT2D eigenvalue weighted by Gasteiger charge is -2.22. The Bertz CT molecular complexity index is 645. The fraction of sp³-hybridized carbons (Fsp3) is 0.412. The number of ether oxygens (including phenoxy) is 2.